The first kappa shape index (κ1) is 31.1. The molecule has 1 aliphatic carbocycles. The average Bonchev–Trinajstić information content (AvgIpc) is 3.67. The van der Waals surface area contributed by atoms with Gasteiger partial charge in [-0.05, 0) is 75.4 Å². The second-order valence-electron chi connectivity index (χ2n) is 11.5. The molecule has 0 unspecified atom stereocenters. The Balaban J connectivity index is 0.000000269. The Hall–Kier alpha value is -5.86. The predicted molar refractivity (Wildman–Crippen MR) is 207 cm³/mol. The van der Waals surface area contributed by atoms with Crippen molar-refractivity contribution in [3.05, 3.63) is 185 Å². The molecule has 230 valence electrons. The summed E-state index contributed by atoms with van der Waals surface area (Å²) in [6, 6.07) is 40.3. The zero-order chi connectivity index (χ0) is 32.6. The van der Waals surface area contributed by atoms with Gasteiger partial charge in [-0.15, -0.1) is 0 Å². The molecule has 2 nitrogen and oxygen atoms in total. The summed E-state index contributed by atoms with van der Waals surface area (Å²) in [5, 5.41) is 9.23. The van der Waals surface area contributed by atoms with E-state index in [0.29, 0.717) is 0 Å². The molecule has 6 aromatic rings. The summed E-state index contributed by atoms with van der Waals surface area (Å²) in [7, 11) is 1.95. The highest BCUT2D eigenvalue weighted by Crippen LogP contribution is 2.40. The molecule has 0 radical (unpaired) electrons. The highest BCUT2D eigenvalue weighted by atomic mass is 15.0. The summed E-state index contributed by atoms with van der Waals surface area (Å²) in [6.07, 6.45) is 17.8. The van der Waals surface area contributed by atoms with E-state index in [4.69, 9.17) is 0 Å². The minimum atomic E-state index is 0.934. The molecule has 1 aliphatic rings. The van der Waals surface area contributed by atoms with Crippen LogP contribution in [-0.2, 0) is 6.42 Å². The molecule has 1 heterocycles. The molecule has 1 N–H and O–H groups in total. The Bertz CT molecular complexity index is 2280. The number of rotatable bonds is 7. The van der Waals surface area contributed by atoms with Crippen LogP contribution in [0.15, 0.2) is 152 Å². The Morgan fingerprint density at radius 2 is 1.53 bits per heavy atom. The van der Waals surface area contributed by atoms with Crippen LogP contribution >= 0.6 is 0 Å². The molecule has 0 saturated carbocycles. The molecule has 0 saturated heterocycles. The highest BCUT2D eigenvalue weighted by molar-refractivity contribution is 6.01. The Labute approximate surface area is 278 Å². The number of hydrogen-bond acceptors (Lipinski definition) is 1. The predicted octanol–water partition coefficient (Wildman–Crippen LogP) is 10.1. The van der Waals surface area contributed by atoms with Crippen LogP contribution in [0.4, 0.5) is 5.69 Å². The van der Waals surface area contributed by atoms with Crippen molar-refractivity contribution in [3.8, 4) is 0 Å². The van der Waals surface area contributed by atoms with Crippen molar-refractivity contribution in [2.24, 2.45) is 0 Å². The van der Waals surface area contributed by atoms with Crippen LogP contribution in [0.2, 0.25) is 0 Å². The lowest BCUT2D eigenvalue weighted by Gasteiger charge is -2.10. The highest BCUT2D eigenvalue weighted by Gasteiger charge is 2.23. The quantitative estimate of drug-likeness (QED) is 0.179. The number of anilines is 1. The molecule has 0 fully saturated rings. The molecule has 0 bridgehead atoms. The van der Waals surface area contributed by atoms with Crippen LogP contribution in [-0.4, -0.2) is 11.6 Å². The maximum Gasteiger partial charge on any atom is 0.0537 e. The van der Waals surface area contributed by atoms with Crippen LogP contribution in [0.25, 0.3) is 57.8 Å². The van der Waals surface area contributed by atoms with Crippen molar-refractivity contribution in [1.82, 2.24) is 4.57 Å². The molecule has 0 spiro atoms. The summed E-state index contributed by atoms with van der Waals surface area (Å²) < 4.78 is 2.35. The molecule has 47 heavy (non-hydrogen) atoms. The van der Waals surface area contributed by atoms with Crippen molar-refractivity contribution in [2.45, 2.75) is 13.3 Å². The van der Waals surface area contributed by atoms with Crippen LogP contribution < -0.4 is 15.8 Å². The van der Waals surface area contributed by atoms with Gasteiger partial charge >= 0.3 is 0 Å². The fourth-order valence-electron chi connectivity index (χ4n) is 6.24. The van der Waals surface area contributed by atoms with Crippen molar-refractivity contribution in [1.29, 1.82) is 0 Å². The van der Waals surface area contributed by atoms with Crippen LogP contribution in [0.5, 0.6) is 0 Å². The molecule has 5 aromatic carbocycles. The normalized spacial score (nSPS) is 13.2. The van der Waals surface area contributed by atoms with Gasteiger partial charge in [0.25, 0.3) is 0 Å². The van der Waals surface area contributed by atoms with E-state index in [-0.39, 0.29) is 0 Å². The third kappa shape index (κ3) is 6.73. The first-order chi connectivity index (χ1) is 23.1. The SMILES string of the molecule is C=C/C=C(\C=C/C)n1c2c(c3ccccc31)CC(c1ccc(/C=C\C=c3\ccccc3=C)cc1)=C2.CNc1cccc2ccccc12. The largest absolute Gasteiger partial charge is 0.388 e. The van der Waals surface area contributed by atoms with Gasteiger partial charge in [0.2, 0.25) is 0 Å². The smallest absolute Gasteiger partial charge is 0.0537 e. The van der Waals surface area contributed by atoms with Gasteiger partial charge in [-0.25, -0.2) is 0 Å². The lowest BCUT2D eigenvalue weighted by atomic mass is 10.0. The van der Waals surface area contributed by atoms with Gasteiger partial charge < -0.3 is 9.88 Å². The second kappa shape index (κ2) is 14.5. The van der Waals surface area contributed by atoms with E-state index in [1.807, 2.05) is 31.3 Å². The number of nitrogens with one attached hydrogen (secondary N) is 1. The van der Waals surface area contributed by atoms with Crippen LogP contribution in [0, 0.1) is 0 Å². The molecule has 1 aromatic heterocycles. The summed E-state index contributed by atoms with van der Waals surface area (Å²) in [6.45, 7) is 10.1. The van der Waals surface area contributed by atoms with E-state index in [9.17, 15) is 0 Å². The van der Waals surface area contributed by atoms with Crippen LogP contribution in [0.3, 0.4) is 0 Å². The minimum absolute atomic E-state index is 0.934. The topological polar surface area (TPSA) is 17.0 Å². The van der Waals surface area contributed by atoms with Crippen molar-refractivity contribution in [3.63, 3.8) is 0 Å². The van der Waals surface area contributed by atoms with Gasteiger partial charge in [0.15, 0.2) is 0 Å². The third-order valence-corrected chi connectivity index (χ3v) is 8.54. The van der Waals surface area contributed by atoms with Gasteiger partial charge in [0, 0.05) is 35.6 Å². The van der Waals surface area contributed by atoms with Crippen molar-refractivity contribution < 1.29 is 0 Å². The molecular weight excluding hydrogens is 569 g/mol. The lowest BCUT2D eigenvalue weighted by Crippen LogP contribution is -2.21. The Kier molecular flexibility index (Phi) is 9.60. The zero-order valence-electron chi connectivity index (χ0n) is 27.2. The third-order valence-electron chi connectivity index (χ3n) is 8.54. The van der Waals surface area contributed by atoms with Gasteiger partial charge in [0.05, 0.1) is 11.2 Å². The summed E-state index contributed by atoms with van der Waals surface area (Å²) in [4.78, 5) is 0. The van der Waals surface area contributed by atoms with E-state index in [1.54, 1.807) is 0 Å². The Morgan fingerprint density at radius 3 is 2.30 bits per heavy atom. The molecule has 0 atom stereocenters. The first-order valence-electron chi connectivity index (χ1n) is 16.1. The van der Waals surface area contributed by atoms with Crippen molar-refractivity contribution in [2.75, 3.05) is 12.4 Å². The van der Waals surface area contributed by atoms with Crippen molar-refractivity contribution >= 4 is 63.4 Å². The number of allylic oxidation sites excluding steroid dienone is 7. The van der Waals surface area contributed by atoms with E-state index in [0.717, 1.165) is 22.6 Å². The van der Waals surface area contributed by atoms with Gasteiger partial charge in [-0.3, -0.25) is 0 Å². The number of aromatic nitrogens is 1. The number of fused-ring (bicyclic) bond motifs is 4. The second-order valence-corrected chi connectivity index (χ2v) is 11.5. The maximum absolute atomic E-state index is 4.09. The molecule has 0 amide bonds. The summed E-state index contributed by atoms with van der Waals surface area (Å²) >= 11 is 0. The van der Waals surface area contributed by atoms with E-state index < -0.39 is 0 Å². The Morgan fingerprint density at radius 1 is 0.809 bits per heavy atom. The molecule has 0 aliphatic heterocycles. The van der Waals surface area contributed by atoms with E-state index >= 15 is 0 Å². The number of hydrogen-bond donors (Lipinski definition) is 1. The van der Waals surface area contributed by atoms with E-state index in [1.165, 1.54) is 55.3 Å². The maximum atomic E-state index is 4.09. The molecule has 7 rings (SSSR count). The zero-order valence-corrected chi connectivity index (χ0v) is 27.2. The standard InChI is InChI=1S/C34H29N.C11H11N/c1-4-11-30(12-5-2)35-33-18-9-8-17-31(33)32-23-29(24-34(32)35)28-21-19-26(20-22-28)14-10-16-27-15-7-6-13-25(27)3;1-12-11-8-4-6-9-5-2-3-7-10(9)11/h4-22,24H,1,3,23H2,2H3;2-8,12H,1H3/b12-5-,14-10-,27-16-,30-11+;. The number of para-hydroxylation sites is 1. The fourth-order valence-corrected chi connectivity index (χ4v) is 6.24. The van der Waals surface area contributed by atoms with E-state index in [2.05, 4.69) is 170 Å². The fraction of sp³-hybridized carbons (Fsp3) is 0.0667. The van der Waals surface area contributed by atoms with Gasteiger partial charge in [-0.2, -0.15) is 0 Å². The summed E-state index contributed by atoms with van der Waals surface area (Å²) in [5.41, 5.74) is 9.99. The lowest BCUT2D eigenvalue weighted by molar-refractivity contribution is 1.14. The molecular formula is C45H40N2. The number of benzene rings is 5. The minimum Gasteiger partial charge on any atom is -0.388 e. The van der Waals surface area contributed by atoms with Gasteiger partial charge in [-0.1, -0.05) is 147 Å². The first-order valence-corrected chi connectivity index (χ1v) is 16.1. The average molecular weight is 609 g/mol. The van der Waals surface area contributed by atoms with Crippen LogP contribution in [0.1, 0.15) is 29.3 Å². The monoisotopic (exact) mass is 608 g/mol. The molecule has 2 heteroatoms. The number of nitrogens with zero attached hydrogens (tertiary/aromatic N) is 1. The summed E-state index contributed by atoms with van der Waals surface area (Å²) in [5.74, 6) is 0. The van der Waals surface area contributed by atoms with Gasteiger partial charge in [0.1, 0.15) is 0 Å².